The summed E-state index contributed by atoms with van der Waals surface area (Å²) in [6, 6.07) is 0. The van der Waals surface area contributed by atoms with Gasteiger partial charge in [-0.05, 0) is 19.3 Å². The Morgan fingerprint density at radius 1 is 1.59 bits per heavy atom. The Morgan fingerprint density at radius 2 is 2.35 bits per heavy atom. The molecule has 17 heavy (non-hydrogen) atoms. The van der Waals surface area contributed by atoms with Crippen molar-refractivity contribution in [3.8, 4) is 0 Å². The molecule has 4 nitrogen and oxygen atoms in total. The number of rotatable bonds is 3. The van der Waals surface area contributed by atoms with Crippen molar-refractivity contribution in [1.82, 2.24) is 9.97 Å². The van der Waals surface area contributed by atoms with Crippen LogP contribution in [-0.4, -0.2) is 15.1 Å². The monoisotopic (exact) mass is 249 g/mol. The lowest BCUT2D eigenvalue weighted by Crippen LogP contribution is -2.05. The summed E-state index contributed by atoms with van der Waals surface area (Å²) in [5.41, 5.74) is 8.03. The molecule has 0 aromatic carbocycles. The fourth-order valence-electron chi connectivity index (χ4n) is 2.15. The third kappa shape index (κ3) is 2.00. The summed E-state index contributed by atoms with van der Waals surface area (Å²) in [5, 5.41) is 11.2. The van der Waals surface area contributed by atoms with Gasteiger partial charge in [-0.15, -0.1) is 0 Å². The summed E-state index contributed by atoms with van der Waals surface area (Å²) < 4.78 is 0. The van der Waals surface area contributed by atoms with Crippen LogP contribution in [0.5, 0.6) is 0 Å². The maximum atomic E-state index is 10.3. The average molecular weight is 249 g/mol. The molecule has 1 atom stereocenters. The van der Waals surface area contributed by atoms with E-state index >= 15 is 0 Å². The summed E-state index contributed by atoms with van der Waals surface area (Å²) in [5.74, 6) is 0.660. The lowest BCUT2D eigenvalue weighted by molar-refractivity contribution is 0.162. The molecule has 1 unspecified atom stereocenters. The van der Waals surface area contributed by atoms with Crippen LogP contribution < -0.4 is 5.73 Å². The van der Waals surface area contributed by atoms with Gasteiger partial charge in [-0.2, -0.15) is 0 Å². The van der Waals surface area contributed by atoms with Crippen molar-refractivity contribution in [2.45, 2.75) is 32.3 Å². The summed E-state index contributed by atoms with van der Waals surface area (Å²) in [6.45, 7) is 1.94. The molecule has 3 rings (SSSR count). The standard InChI is InChI=1S/C12H15N3OS/c1-6-15-11-10(9(16)4-7-2-3-7)8(13)5-14-12(11)17-6/h5,7,9,16H,2-4,13H2,1H3. The summed E-state index contributed by atoms with van der Waals surface area (Å²) in [6.07, 6.45) is 4.36. The van der Waals surface area contributed by atoms with E-state index in [-0.39, 0.29) is 0 Å². The van der Waals surface area contributed by atoms with E-state index in [1.165, 1.54) is 24.2 Å². The number of aliphatic hydroxyl groups excluding tert-OH is 1. The number of pyridine rings is 1. The van der Waals surface area contributed by atoms with E-state index in [9.17, 15) is 5.11 Å². The number of aliphatic hydroxyl groups is 1. The van der Waals surface area contributed by atoms with Gasteiger partial charge in [0.15, 0.2) is 0 Å². The SMILES string of the molecule is Cc1nc2c(C(O)CC3CC3)c(N)cnc2s1. The fraction of sp³-hybridized carbons (Fsp3) is 0.500. The molecular formula is C12H15N3OS. The minimum absolute atomic E-state index is 0.505. The Kier molecular flexibility index (Phi) is 2.52. The molecule has 0 amide bonds. The molecule has 0 saturated heterocycles. The number of anilines is 1. The molecule has 1 fully saturated rings. The van der Waals surface area contributed by atoms with Crippen molar-refractivity contribution < 1.29 is 5.11 Å². The van der Waals surface area contributed by atoms with Gasteiger partial charge in [-0.25, -0.2) is 9.97 Å². The predicted octanol–water partition coefficient (Wildman–Crippen LogP) is 2.42. The minimum Gasteiger partial charge on any atom is -0.397 e. The van der Waals surface area contributed by atoms with Crippen LogP contribution >= 0.6 is 11.3 Å². The molecule has 0 spiro atoms. The van der Waals surface area contributed by atoms with Gasteiger partial charge in [0.25, 0.3) is 0 Å². The van der Waals surface area contributed by atoms with Crippen LogP contribution in [0.4, 0.5) is 5.69 Å². The highest BCUT2D eigenvalue weighted by Crippen LogP contribution is 2.40. The fourth-order valence-corrected chi connectivity index (χ4v) is 2.93. The number of thiazole rings is 1. The molecular weight excluding hydrogens is 234 g/mol. The van der Waals surface area contributed by atoms with Crippen molar-refractivity contribution in [2.24, 2.45) is 5.92 Å². The maximum absolute atomic E-state index is 10.3. The van der Waals surface area contributed by atoms with Crippen molar-refractivity contribution >= 4 is 27.4 Å². The Labute approximate surface area is 104 Å². The highest BCUT2D eigenvalue weighted by Gasteiger charge is 2.27. The average Bonchev–Trinajstić information content (AvgIpc) is 2.98. The van der Waals surface area contributed by atoms with Crippen molar-refractivity contribution in [1.29, 1.82) is 0 Å². The van der Waals surface area contributed by atoms with Gasteiger partial charge in [0, 0.05) is 5.56 Å². The number of aryl methyl sites for hydroxylation is 1. The topological polar surface area (TPSA) is 72.0 Å². The molecule has 0 bridgehead atoms. The largest absolute Gasteiger partial charge is 0.397 e. The number of nitrogens with two attached hydrogens (primary N) is 1. The van der Waals surface area contributed by atoms with Crippen LogP contribution in [0.3, 0.4) is 0 Å². The summed E-state index contributed by atoms with van der Waals surface area (Å²) >= 11 is 1.54. The lowest BCUT2D eigenvalue weighted by Gasteiger charge is -2.13. The molecule has 3 N–H and O–H groups in total. The summed E-state index contributed by atoms with van der Waals surface area (Å²) in [7, 11) is 0. The van der Waals surface area contributed by atoms with Crippen LogP contribution in [0, 0.1) is 12.8 Å². The smallest absolute Gasteiger partial charge is 0.143 e. The van der Waals surface area contributed by atoms with Crippen molar-refractivity contribution in [2.75, 3.05) is 5.73 Å². The molecule has 2 aromatic heterocycles. The second kappa shape index (κ2) is 3.92. The first kappa shape index (κ1) is 10.9. The third-order valence-electron chi connectivity index (χ3n) is 3.19. The highest BCUT2D eigenvalue weighted by atomic mass is 32.1. The van der Waals surface area contributed by atoms with Crippen LogP contribution in [0.1, 0.15) is 35.9 Å². The molecule has 0 radical (unpaired) electrons. The van der Waals surface area contributed by atoms with E-state index in [0.717, 1.165) is 27.3 Å². The van der Waals surface area contributed by atoms with E-state index in [0.29, 0.717) is 11.6 Å². The number of hydrogen-bond donors (Lipinski definition) is 2. The van der Waals surface area contributed by atoms with Crippen LogP contribution in [0.25, 0.3) is 10.3 Å². The lowest BCUT2D eigenvalue weighted by atomic mass is 10.0. The van der Waals surface area contributed by atoms with Crippen molar-refractivity contribution in [3.63, 3.8) is 0 Å². The Balaban J connectivity index is 2.07. The summed E-state index contributed by atoms with van der Waals surface area (Å²) in [4.78, 5) is 9.56. The Hall–Kier alpha value is -1.20. The molecule has 2 heterocycles. The quantitative estimate of drug-likeness (QED) is 0.876. The number of aromatic nitrogens is 2. The first-order valence-corrected chi connectivity index (χ1v) is 6.66. The second-order valence-corrected chi connectivity index (χ2v) is 5.89. The Bertz CT molecular complexity index is 562. The number of nitrogens with zero attached hydrogens (tertiary/aromatic N) is 2. The highest BCUT2D eigenvalue weighted by molar-refractivity contribution is 7.18. The second-order valence-electron chi connectivity index (χ2n) is 4.71. The van der Waals surface area contributed by atoms with E-state index in [4.69, 9.17) is 5.73 Å². The van der Waals surface area contributed by atoms with Gasteiger partial charge < -0.3 is 10.8 Å². The van der Waals surface area contributed by atoms with Gasteiger partial charge in [0.05, 0.1) is 23.0 Å². The van der Waals surface area contributed by atoms with Crippen LogP contribution in [-0.2, 0) is 0 Å². The van der Waals surface area contributed by atoms with E-state index in [1.54, 1.807) is 6.20 Å². The third-order valence-corrected chi connectivity index (χ3v) is 4.07. The molecule has 0 aliphatic heterocycles. The predicted molar refractivity (Wildman–Crippen MR) is 68.9 cm³/mol. The van der Waals surface area contributed by atoms with E-state index in [2.05, 4.69) is 9.97 Å². The van der Waals surface area contributed by atoms with Gasteiger partial charge in [0.2, 0.25) is 0 Å². The molecule has 2 aromatic rings. The van der Waals surface area contributed by atoms with Gasteiger partial charge >= 0.3 is 0 Å². The van der Waals surface area contributed by atoms with Gasteiger partial charge in [-0.3, -0.25) is 0 Å². The van der Waals surface area contributed by atoms with E-state index in [1.807, 2.05) is 6.92 Å². The van der Waals surface area contributed by atoms with Crippen molar-refractivity contribution in [3.05, 3.63) is 16.8 Å². The number of fused-ring (bicyclic) bond motifs is 1. The van der Waals surface area contributed by atoms with E-state index < -0.39 is 6.10 Å². The van der Waals surface area contributed by atoms with Crippen LogP contribution in [0.15, 0.2) is 6.20 Å². The minimum atomic E-state index is -0.505. The molecule has 5 heteroatoms. The normalized spacial score (nSPS) is 17.5. The van der Waals surface area contributed by atoms with Gasteiger partial charge in [0.1, 0.15) is 10.3 Å². The zero-order chi connectivity index (χ0) is 12.0. The Morgan fingerprint density at radius 3 is 3.06 bits per heavy atom. The molecule has 1 saturated carbocycles. The molecule has 1 aliphatic carbocycles. The van der Waals surface area contributed by atoms with Crippen LogP contribution in [0.2, 0.25) is 0 Å². The number of hydrogen-bond acceptors (Lipinski definition) is 5. The molecule has 90 valence electrons. The van der Waals surface area contributed by atoms with Gasteiger partial charge in [-0.1, -0.05) is 24.2 Å². The molecule has 1 aliphatic rings. The first-order valence-electron chi connectivity index (χ1n) is 5.84. The zero-order valence-corrected chi connectivity index (χ0v) is 10.5. The maximum Gasteiger partial charge on any atom is 0.143 e. The number of nitrogen functional groups attached to an aromatic ring is 1. The first-order chi connectivity index (χ1) is 8.15. The zero-order valence-electron chi connectivity index (χ0n) is 9.68.